The normalized spacial score (nSPS) is 11.0. The molecule has 4 N–H and O–H groups in total. The second-order valence-corrected chi connectivity index (χ2v) is 17.8. The van der Waals surface area contributed by atoms with E-state index in [0.717, 1.165) is 5.56 Å². The van der Waals surface area contributed by atoms with Crippen LogP contribution in [0.25, 0.3) is 0 Å². The Balaban J connectivity index is 1.71. The van der Waals surface area contributed by atoms with Crippen molar-refractivity contribution in [3.05, 3.63) is 118 Å². The van der Waals surface area contributed by atoms with Gasteiger partial charge in [0.15, 0.2) is 23.1 Å². The number of aryl methyl sites for hydroxylation is 1. The zero-order valence-electron chi connectivity index (χ0n) is 41.4. The maximum absolute atomic E-state index is 13.5. The minimum absolute atomic E-state index is 0.0528. The lowest BCUT2D eigenvalue weighted by Crippen LogP contribution is -2.36. The molecule has 0 atom stereocenters. The van der Waals surface area contributed by atoms with Crippen LogP contribution >= 0.6 is 0 Å². The predicted octanol–water partition coefficient (Wildman–Crippen LogP) is 2.39. The Morgan fingerprint density at radius 2 is 0.814 bits per heavy atom. The number of benzene rings is 4. The molecule has 4 aromatic carbocycles. The third kappa shape index (κ3) is 19.7. The largest absolute Gasteiger partial charge is 0.489 e. The van der Waals surface area contributed by atoms with E-state index in [0.29, 0.717) is 16.9 Å². The number of ketones is 4. The molecule has 0 aliphatic carbocycles. The second kappa shape index (κ2) is 27.0. The number of Topliss-reactive ketones (excluding diaryl/α,β-unsaturated/α-hetero) is 4. The summed E-state index contributed by atoms with van der Waals surface area (Å²) < 4.78 is 18.8. The number of carbonyl (C=O) groups excluding carboxylic acids is 8. The van der Waals surface area contributed by atoms with Gasteiger partial charge in [0.25, 0.3) is 11.8 Å². The molecule has 0 aliphatic rings. The summed E-state index contributed by atoms with van der Waals surface area (Å²) >= 11 is 0. The lowest BCUT2D eigenvalue weighted by Gasteiger charge is -2.16. The first-order chi connectivity index (χ1) is 33.1. The van der Waals surface area contributed by atoms with Crippen molar-refractivity contribution in [1.82, 2.24) is 40.9 Å². The van der Waals surface area contributed by atoms with Crippen molar-refractivity contribution in [3.8, 4) is 23.0 Å². The topological polar surface area (TPSA) is 225 Å². The molecule has 0 aliphatic heterocycles. The van der Waals surface area contributed by atoms with Gasteiger partial charge in [-0.3, -0.25) is 38.4 Å². The zero-order valence-corrected chi connectivity index (χ0v) is 41.4. The molecule has 374 valence electrons. The quantitative estimate of drug-likeness (QED) is 0.0600. The Morgan fingerprint density at radius 3 is 1.27 bits per heavy atom. The van der Waals surface area contributed by atoms with Crippen LogP contribution in [-0.2, 0) is 32.4 Å². The highest BCUT2D eigenvalue weighted by molar-refractivity contribution is 6.05. The van der Waals surface area contributed by atoms with Crippen molar-refractivity contribution in [3.63, 3.8) is 0 Å². The minimum Gasteiger partial charge on any atom is -0.489 e. The molecule has 0 saturated heterocycles. The van der Waals surface area contributed by atoms with E-state index in [4.69, 9.17) is 14.2 Å². The summed E-state index contributed by atoms with van der Waals surface area (Å²) in [4.78, 5) is 110. The number of hydrogen-bond acceptors (Lipinski definition) is 15. The first-order valence-electron chi connectivity index (χ1n) is 22.3. The minimum atomic E-state index is -0.608. The fourth-order valence-corrected chi connectivity index (χ4v) is 6.60. The highest BCUT2D eigenvalue weighted by Crippen LogP contribution is 2.31. The van der Waals surface area contributed by atoms with E-state index < -0.39 is 23.4 Å². The molecule has 0 radical (unpaired) electrons. The van der Waals surface area contributed by atoms with Crippen molar-refractivity contribution < 1.29 is 52.6 Å². The van der Waals surface area contributed by atoms with Gasteiger partial charge in [0.05, 0.1) is 52.4 Å². The van der Waals surface area contributed by atoms with Gasteiger partial charge >= 0.3 is 0 Å². The van der Waals surface area contributed by atoms with Gasteiger partial charge in [-0.1, -0.05) is 17.7 Å². The maximum atomic E-state index is 13.5. The monoisotopic (exact) mass is 964 g/mol. The number of amides is 4. The van der Waals surface area contributed by atoms with Crippen LogP contribution in [0.1, 0.15) is 58.1 Å². The van der Waals surface area contributed by atoms with Crippen molar-refractivity contribution in [2.75, 3.05) is 109 Å². The first-order valence-corrected chi connectivity index (χ1v) is 22.3. The number of hydrogen-bond donors (Lipinski definition) is 4. The molecule has 0 saturated carbocycles. The van der Waals surface area contributed by atoms with Gasteiger partial charge in [-0.15, -0.1) is 0 Å². The van der Waals surface area contributed by atoms with Crippen LogP contribution in [0.2, 0.25) is 0 Å². The van der Waals surface area contributed by atoms with E-state index in [1.54, 1.807) is 94.2 Å². The molecule has 19 nitrogen and oxygen atoms in total. The Kier molecular flexibility index (Phi) is 21.3. The molecule has 0 spiro atoms. The maximum Gasteiger partial charge on any atom is 0.251 e. The molecule has 19 heteroatoms. The van der Waals surface area contributed by atoms with E-state index in [1.165, 1.54) is 36.4 Å². The van der Waals surface area contributed by atoms with Crippen LogP contribution in [0.4, 0.5) is 0 Å². The van der Waals surface area contributed by atoms with E-state index >= 15 is 0 Å². The fourth-order valence-electron chi connectivity index (χ4n) is 6.60. The molecular formula is C51H64N8O11. The predicted molar refractivity (Wildman–Crippen MR) is 263 cm³/mol. The Morgan fingerprint density at radius 1 is 0.414 bits per heavy atom. The number of rotatable bonds is 28. The molecule has 70 heavy (non-hydrogen) atoms. The standard InChI is InChI=1S/C51H64N8O11/c1-33-10-12-42(13-11-33)68-32-35-16-43(69-31-34-14-38(50(66)54-23-40(60)27-56(2)3)19-39(15-34)51(67)55-24-41(61)28-57(4)5)22-44(17-35)70-45-20-36(46(62)25-52-48(64)29-58(6)7)18-37(21-45)47(63)26-53-49(65)30-59(8)9/h10-22H,23-32H2,1-9H3,(H,52,64)(H,53,65)(H,54,66)(H,55,67). The van der Waals surface area contributed by atoms with Crippen LogP contribution in [0.3, 0.4) is 0 Å². The summed E-state index contributed by atoms with van der Waals surface area (Å²) in [6.45, 7) is 0.954. The molecular weight excluding hydrogens is 901 g/mol. The third-order valence-corrected chi connectivity index (χ3v) is 9.76. The van der Waals surface area contributed by atoms with Gasteiger partial charge in [-0.2, -0.15) is 0 Å². The lowest BCUT2D eigenvalue weighted by atomic mass is 10.0. The smallest absolute Gasteiger partial charge is 0.251 e. The van der Waals surface area contributed by atoms with E-state index in [2.05, 4.69) is 21.3 Å². The molecule has 4 amide bonds. The Labute approximate surface area is 408 Å². The van der Waals surface area contributed by atoms with Gasteiger partial charge in [-0.25, -0.2) is 0 Å². The summed E-state index contributed by atoms with van der Waals surface area (Å²) in [5.74, 6) is -2.29. The molecule has 4 aromatic rings. The van der Waals surface area contributed by atoms with E-state index in [9.17, 15) is 38.4 Å². The van der Waals surface area contributed by atoms with Gasteiger partial charge < -0.3 is 55.1 Å². The summed E-state index contributed by atoms with van der Waals surface area (Å²) in [5, 5.41) is 10.4. The van der Waals surface area contributed by atoms with Gasteiger partial charge in [0.1, 0.15) is 36.2 Å². The van der Waals surface area contributed by atoms with Crippen molar-refractivity contribution in [2.45, 2.75) is 20.1 Å². The Bertz CT molecular complexity index is 2410. The summed E-state index contributed by atoms with van der Waals surface area (Å²) in [6.07, 6.45) is 0. The van der Waals surface area contributed by atoms with Gasteiger partial charge in [0.2, 0.25) is 11.8 Å². The average Bonchev–Trinajstić information content (AvgIpc) is 3.28. The fraction of sp³-hybridized carbons (Fsp3) is 0.373. The SMILES string of the molecule is Cc1ccc(OCc2cc(OCc3cc(C(=O)NCC(=O)CN(C)C)cc(C(=O)NCC(=O)CN(C)C)c3)cc(Oc3cc(C(=O)CNC(=O)CN(C)C)cc(C(=O)CNC(=O)CN(C)C)c3)c2)cc1. The first kappa shape index (κ1) is 55.3. The van der Waals surface area contributed by atoms with Crippen LogP contribution < -0.4 is 35.5 Å². The number of ether oxygens (including phenoxy) is 3. The molecule has 0 fully saturated rings. The summed E-state index contributed by atoms with van der Waals surface area (Å²) in [7, 11) is 13.8. The van der Waals surface area contributed by atoms with Crippen LogP contribution in [-0.4, -0.2) is 175 Å². The Hall–Kier alpha value is -7.32. The van der Waals surface area contributed by atoms with Crippen LogP contribution in [0.5, 0.6) is 23.0 Å². The number of nitrogens with one attached hydrogen (secondary N) is 4. The molecule has 0 heterocycles. The van der Waals surface area contributed by atoms with Crippen LogP contribution in [0, 0.1) is 6.92 Å². The average molecular weight is 965 g/mol. The number of nitrogens with zero attached hydrogens (tertiary/aromatic N) is 4. The summed E-state index contributed by atoms with van der Waals surface area (Å²) in [5.41, 5.74) is 2.29. The third-order valence-electron chi connectivity index (χ3n) is 9.76. The molecule has 0 unspecified atom stereocenters. The zero-order chi connectivity index (χ0) is 51.5. The highest BCUT2D eigenvalue weighted by atomic mass is 16.5. The van der Waals surface area contributed by atoms with Gasteiger partial charge in [0, 0.05) is 28.3 Å². The lowest BCUT2D eigenvalue weighted by molar-refractivity contribution is -0.122. The van der Waals surface area contributed by atoms with Crippen molar-refractivity contribution in [2.24, 2.45) is 0 Å². The number of carbonyl (C=O) groups is 8. The van der Waals surface area contributed by atoms with Gasteiger partial charge in [-0.05, 0) is 135 Å². The number of likely N-dealkylation sites (N-methyl/N-ethyl adjacent to an activating group) is 4. The van der Waals surface area contributed by atoms with Crippen molar-refractivity contribution >= 4 is 46.8 Å². The van der Waals surface area contributed by atoms with E-state index in [1.807, 2.05) is 31.2 Å². The molecule has 4 rings (SSSR count). The molecule has 0 aromatic heterocycles. The second-order valence-electron chi connectivity index (χ2n) is 17.8. The molecule has 0 bridgehead atoms. The highest BCUT2D eigenvalue weighted by Gasteiger charge is 2.19. The van der Waals surface area contributed by atoms with Crippen molar-refractivity contribution in [1.29, 1.82) is 0 Å². The van der Waals surface area contributed by atoms with Crippen LogP contribution in [0.15, 0.2) is 78.9 Å². The van der Waals surface area contributed by atoms with E-state index in [-0.39, 0.29) is 128 Å². The summed E-state index contributed by atoms with van der Waals surface area (Å²) in [6, 6.07) is 21.1.